The molecule has 2 aliphatic heterocycles. The lowest BCUT2D eigenvalue weighted by Gasteiger charge is -2.42. The smallest absolute Gasteiger partial charge is 0.256 e. The van der Waals surface area contributed by atoms with Crippen LogP contribution in [0.5, 0.6) is 0 Å². The quantitative estimate of drug-likeness (QED) is 0.798. The number of carbonyl (C=O) groups is 2. The van der Waals surface area contributed by atoms with Gasteiger partial charge in [0.1, 0.15) is 5.82 Å². The molecule has 1 saturated carbocycles. The van der Waals surface area contributed by atoms with Crippen molar-refractivity contribution in [1.82, 2.24) is 14.7 Å². The van der Waals surface area contributed by atoms with Gasteiger partial charge in [-0.3, -0.25) is 14.5 Å². The van der Waals surface area contributed by atoms with Crippen LogP contribution < -0.4 is 0 Å². The molecule has 2 saturated heterocycles. The van der Waals surface area contributed by atoms with Gasteiger partial charge >= 0.3 is 0 Å². The average Bonchev–Trinajstić information content (AvgIpc) is 3.43. The molecule has 0 bridgehead atoms. The van der Waals surface area contributed by atoms with E-state index in [9.17, 15) is 14.0 Å². The molecule has 0 unspecified atom stereocenters. The molecule has 1 aromatic rings. The van der Waals surface area contributed by atoms with Crippen molar-refractivity contribution in [1.29, 1.82) is 0 Å². The first-order valence-corrected chi connectivity index (χ1v) is 10.7. The van der Waals surface area contributed by atoms with Gasteiger partial charge in [0, 0.05) is 39.3 Å². The minimum absolute atomic E-state index is 0.0497. The third kappa shape index (κ3) is 3.93. The highest BCUT2D eigenvalue weighted by molar-refractivity contribution is 5.94. The van der Waals surface area contributed by atoms with Crippen molar-refractivity contribution < 1.29 is 14.0 Å². The summed E-state index contributed by atoms with van der Waals surface area (Å²) in [6.07, 6.45) is 6.87. The average molecular weight is 387 g/mol. The van der Waals surface area contributed by atoms with Crippen molar-refractivity contribution in [2.45, 2.75) is 44.6 Å². The van der Waals surface area contributed by atoms with Crippen LogP contribution in [0.25, 0.3) is 0 Å². The number of piperazine rings is 1. The summed E-state index contributed by atoms with van der Waals surface area (Å²) in [6, 6.07) is 6.11. The summed E-state index contributed by atoms with van der Waals surface area (Å²) in [6.45, 7) is 4.22. The molecule has 6 heteroatoms. The van der Waals surface area contributed by atoms with Gasteiger partial charge in [0.15, 0.2) is 0 Å². The van der Waals surface area contributed by atoms with Crippen molar-refractivity contribution in [3.05, 3.63) is 35.6 Å². The Bertz CT molecular complexity index is 705. The molecule has 0 spiro atoms. The van der Waals surface area contributed by atoms with Gasteiger partial charge in [0.25, 0.3) is 5.91 Å². The molecule has 2 amide bonds. The fourth-order valence-corrected chi connectivity index (χ4v) is 5.06. The van der Waals surface area contributed by atoms with E-state index in [4.69, 9.17) is 0 Å². The topological polar surface area (TPSA) is 43.9 Å². The molecule has 0 aromatic heterocycles. The second kappa shape index (κ2) is 8.60. The maximum absolute atomic E-state index is 14.0. The Morgan fingerprint density at radius 2 is 1.50 bits per heavy atom. The lowest BCUT2D eigenvalue weighted by molar-refractivity contribution is -0.138. The van der Waals surface area contributed by atoms with E-state index in [-0.39, 0.29) is 17.5 Å². The third-order valence-electron chi connectivity index (χ3n) is 6.62. The standard InChI is InChI=1S/C22H30FN3O2/c23-19-10-4-3-9-18(19)21(27)26-15-13-24(14-16-26)20(17-7-1-2-8-17)22(28)25-11-5-6-12-25/h3-4,9-10,17,20H,1-2,5-8,11-16H2/t20-/m0/s1. The van der Waals surface area contributed by atoms with Gasteiger partial charge in [-0.25, -0.2) is 4.39 Å². The molecule has 28 heavy (non-hydrogen) atoms. The fourth-order valence-electron chi connectivity index (χ4n) is 5.06. The summed E-state index contributed by atoms with van der Waals surface area (Å²) in [5.41, 5.74) is 0.136. The SMILES string of the molecule is O=C(c1ccccc1F)N1CCN([C@H](C(=O)N2CCCC2)C2CCCC2)CC1. The van der Waals surface area contributed by atoms with Crippen LogP contribution in [-0.2, 0) is 4.79 Å². The van der Waals surface area contributed by atoms with E-state index in [0.29, 0.717) is 38.0 Å². The minimum atomic E-state index is -0.469. The highest BCUT2D eigenvalue weighted by Gasteiger charge is 2.39. The number of carbonyl (C=O) groups excluding carboxylic acids is 2. The first-order chi connectivity index (χ1) is 13.6. The molecule has 3 aliphatic rings. The normalized spacial score (nSPS) is 22.6. The summed E-state index contributed by atoms with van der Waals surface area (Å²) in [7, 11) is 0. The van der Waals surface area contributed by atoms with Crippen molar-refractivity contribution in [3.63, 3.8) is 0 Å². The lowest BCUT2D eigenvalue weighted by atomic mass is 9.94. The number of rotatable bonds is 4. The Hall–Kier alpha value is -1.95. The lowest BCUT2D eigenvalue weighted by Crippen LogP contribution is -2.58. The summed E-state index contributed by atoms with van der Waals surface area (Å²) < 4.78 is 14.0. The first-order valence-electron chi connectivity index (χ1n) is 10.7. The van der Waals surface area contributed by atoms with Crippen LogP contribution in [0.2, 0.25) is 0 Å². The molecule has 2 heterocycles. The summed E-state index contributed by atoms with van der Waals surface area (Å²) in [5.74, 6) is 0.00390. The highest BCUT2D eigenvalue weighted by atomic mass is 19.1. The van der Waals surface area contributed by atoms with E-state index in [0.717, 1.165) is 38.8 Å². The fraction of sp³-hybridized carbons (Fsp3) is 0.636. The molecular weight excluding hydrogens is 357 g/mol. The maximum atomic E-state index is 14.0. The number of hydrogen-bond donors (Lipinski definition) is 0. The molecule has 1 atom stereocenters. The van der Waals surface area contributed by atoms with Crippen LogP contribution in [-0.4, -0.2) is 71.8 Å². The highest BCUT2D eigenvalue weighted by Crippen LogP contribution is 2.32. The summed E-state index contributed by atoms with van der Waals surface area (Å²) in [4.78, 5) is 32.0. The van der Waals surface area contributed by atoms with Gasteiger partial charge in [0.2, 0.25) is 5.91 Å². The van der Waals surface area contributed by atoms with Gasteiger partial charge in [-0.1, -0.05) is 25.0 Å². The number of amides is 2. The van der Waals surface area contributed by atoms with Crippen LogP contribution in [0.1, 0.15) is 48.9 Å². The number of likely N-dealkylation sites (tertiary alicyclic amines) is 1. The molecule has 0 N–H and O–H groups in total. The number of benzene rings is 1. The van der Waals surface area contributed by atoms with Gasteiger partial charge < -0.3 is 9.80 Å². The van der Waals surface area contributed by atoms with Crippen molar-refractivity contribution in [2.24, 2.45) is 5.92 Å². The van der Waals surface area contributed by atoms with Gasteiger partial charge in [0.05, 0.1) is 11.6 Å². The molecule has 5 nitrogen and oxygen atoms in total. The Morgan fingerprint density at radius 3 is 2.14 bits per heavy atom. The first kappa shape index (κ1) is 19.4. The predicted octanol–water partition coefficient (Wildman–Crippen LogP) is 2.76. The largest absolute Gasteiger partial charge is 0.341 e. The molecule has 1 aromatic carbocycles. The molecule has 0 radical (unpaired) electrons. The molecule has 1 aliphatic carbocycles. The van der Waals surface area contributed by atoms with Gasteiger partial charge in [-0.2, -0.15) is 0 Å². The van der Waals surface area contributed by atoms with Gasteiger partial charge in [-0.05, 0) is 43.7 Å². The predicted molar refractivity (Wildman–Crippen MR) is 105 cm³/mol. The Morgan fingerprint density at radius 1 is 0.857 bits per heavy atom. The van der Waals surface area contributed by atoms with E-state index >= 15 is 0 Å². The van der Waals surface area contributed by atoms with E-state index in [2.05, 4.69) is 4.90 Å². The Balaban J connectivity index is 1.43. The van der Waals surface area contributed by atoms with Crippen molar-refractivity contribution in [2.75, 3.05) is 39.3 Å². The summed E-state index contributed by atoms with van der Waals surface area (Å²) >= 11 is 0. The summed E-state index contributed by atoms with van der Waals surface area (Å²) in [5, 5.41) is 0. The number of hydrogen-bond acceptors (Lipinski definition) is 3. The molecule has 152 valence electrons. The zero-order chi connectivity index (χ0) is 19.5. The minimum Gasteiger partial charge on any atom is -0.341 e. The van der Waals surface area contributed by atoms with E-state index in [1.165, 1.54) is 18.9 Å². The van der Waals surface area contributed by atoms with E-state index in [1.807, 2.05) is 4.90 Å². The third-order valence-corrected chi connectivity index (χ3v) is 6.62. The van der Waals surface area contributed by atoms with Crippen LogP contribution in [0.15, 0.2) is 24.3 Å². The zero-order valence-corrected chi connectivity index (χ0v) is 16.5. The van der Waals surface area contributed by atoms with Crippen LogP contribution in [0.3, 0.4) is 0 Å². The van der Waals surface area contributed by atoms with E-state index in [1.54, 1.807) is 23.1 Å². The zero-order valence-electron chi connectivity index (χ0n) is 16.5. The van der Waals surface area contributed by atoms with Crippen LogP contribution >= 0.6 is 0 Å². The van der Waals surface area contributed by atoms with Crippen molar-refractivity contribution in [3.8, 4) is 0 Å². The van der Waals surface area contributed by atoms with Crippen LogP contribution in [0, 0.1) is 11.7 Å². The monoisotopic (exact) mass is 387 g/mol. The Kier molecular flexibility index (Phi) is 5.95. The maximum Gasteiger partial charge on any atom is 0.256 e. The molecule has 4 rings (SSSR count). The number of halogens is 1. The van der Waals surface area contributed by atoms with Crippen molar-refractivity contribution >= 4 is 11.8 Å². The molecular formula is C22H30FN3O2. The second-order valence-corrected chi connectivity index (χ2v) is 8.33. The van der Waals surface area contributed by atoms with E-state index < -0.39 is 5.82 Å². The van der Waals surface area contributed by atoms with Crippen LogP contribution in [0.4, 0.5) is 4.39 Å². The number of nitrogens with zero attached hydrogens (tertiary/aromatic N) is 3. The Labute approximate surface area is 166 Å². The second-order valence-electron chi connectivity index (χ2n) is 8.33. The molecule has 3 fully saturated rings. The van der Waals surface area contributed by atoms with Gasteiger partial charge in [-0.15, -0.1) is 0 Å².